The first-order valence-corrected chi connectivity index (χ1v) is 11.2. The molecule has 3 aliphatic rings. The van der Waals surface area contributed by atoms with E-state index >= 15 is 0 Å². The van der Waals surface area contributed by atoms with E-state index in [-0.39, 0.29) is 23.3 Å². The van der Waals surface area contributed by atoms with Crippen LogP contribution in [0, 0.1) is 11.8 Å². The lowest BCUT2D eigenvalue weighted by Crippen LogP contribution is -2.63. The number of rotatable bonds is 4. The SMILES string of the molecule is CN(C)[C@@H]1C(O)=C(C(N)=O)C(=O)[C@@]2(O)C(O)=C3C(=O)c4c(O)cccc4C[C@H]3C[C@H]12.O=C(O)C=CC(=O)O. The number of aliphatic hydroxyl groups is 3. The average molecular weight is 530 g/mol. The number of benzene rings is 1. The monoisotopic (exact) mass is 530 g/mol. The highest BCUT2D eigenvalue weighted by Crippen LogP contribution is 2.52. The van der Waals surface area contributed by atoms with E-state index in [1.54, 1.807) is 26.2 Å². The number of aliphatic carboxylic acids is 2. The second-order valence-corrected chi connectivity index (χ2v) is 9.28. The van der Waals surface area contributed by atoms with Gasteiger partial charge in [-0.25, -0.2) is 9.59 Å². The number of carbonyl (C=O) groups excluding carboxylic acids is 3. The molecule has 0 unspecified atom stereocenters. The van der Waals surface area contributed by atoms with Gasteiger partial charge in [0.2, 0.25) is 5.78 Å². The molecule has 202 valence electrons. The van der Waals surface area contributed by atoms with Crippen LogP contribution in [-0.2, 0) is 25.6 Å². The number of allylic oxidation sites excluding steroid dienone is 1. The van der Waals surface area contributed by atoms with Gasteiger partial charge in [0.15, 0.2) is 11.4 Å². The van der Waals surface area contributed by atoms with Gasteiger partial charge in [0.05, 0.1) is 11.6 Å². The van der Waals surface area contributed by atoms with Gasteiger partial charge in [-0.2, -0.15) is 0 Å². The van der Waals surface area contributed by atoms with Crippen molar-refractivity contribution in [2.75, 3.05) is 14.1 Å². The number of ketones is 2. The predicted molar refractivity (Wildman–Crippen MR) is 128 cm³/mol. The lowest BCUT2D eigenvalue weighted by molar-refractivity contribution is -0.148. The number of Topliss-reactive ketones (excluding diaryl/α,β-unsaturated/α-hetero) is 2. The second kappa shape index (κ2) is 10.1. The maximum atomic E-state index is 13.1. The van der Waals surface area contributed by atoms with Crippen molar-refractivity contribution in [2.45, 2.75) is 24.5 Å². The Kier molecular flexibility index (Phi) is 7.47. The van der Waals surface area contributed by atoms with Crippen molar-refractivity contribution in [3.63, 3.8) is 0 Å². The first kappa shape index (κ1) is 28.1. The summed E-state index contributed by atoms with van der Waals surface area (Å²) in [7, 11) is 3.18. The third kappa shape index (κ3) is 4.53. The number of nitrogens with two attached hydrogens (primary N) is 1. The van der Waals surface area contributed by atoms with Crippen LogP contribution >= 0.6 is 0 Å². The molecule has 0 spiro atoms. The number of aliphatic hydroxyl groups excluding tert-OH is 2. The lowest BCUT2D eigenvalue weighted by Gasteiger charge is -2.50. The Hall–Kier alpha value is -4.49. The number of hydrogen-bond acceptors (Lipinski definition) is 10. The maximum absolute atomic E-state index is 13.1. The van der Waals surface area contributed by atoms with E-state index in [9.17, 15) is 44.4 Å². The van der Waals surface area contributed by atoms with Crippen molar-refractivity contribution < 1.29 is 54.6 Å². The van der Waals surface area contributed by atoms with Crippen LogP contribution < -0.4 is 5.73 Å². The first-order chi connectivity index (χ1) is 17.6. The third-order valence-electron chi connectivity index (χ3n) is 6.83. The largest absolute Gasteiger partial charge is 0.510 e. The Morgan fingerprint density at radius 1 is 1.05 bits per heavy atom. The van der Waals surface area contributed by atoms with Gasteiger partial charge in [0.1, 0.15) is 22.8 Å². The highest BCUT2D eigenvalue weighted by atomic mass is 16.4. The molecule has 1 amide bonds. The molecule has 38 heavy (non-hydrogen) atoms. The summed E-state index contributed by atoms with van der Waals surface area (Å²) in [5.74, 6) is -8.93. The number of fused-ring (bicyclic) bond motifs is 3. The Balaban J connectivity index is 0.000000436. The summed E-state index contributed by atoms with van der Waals surface area (Å²) in [6.45, 7) is 0. The zero-order chi connectivity index (χ0) is 28.7. The predicted octanol–water partition coefficient (Wildman–Crippen LogP) is -0.168. The number of carbonyl (C=O) groups is 5. The van der Waals surface area contributed by atoms with Gasteiger partial charge in [0, 0.05) is 23.6 Å². The van der Waals surface area contributed by atoms with Crippen LogP contribution in [0.25, 0.3) is 0 Å². The van der Waals surface area contributed by atoms with Crippen LogP contribution in [0.3, 0.4) is 0 Å². The summed E-state index contributed by atoms with van der Waals surface area (Å²) in [5, 5.41) is 58.8. The standard InChI is InChI=1S/C21H22N2O7.C4H4O4/c1-23(2)15-10-7-9-6-8-4-3-5-11(24)12(8)16(25)13(9)18(27)21(10,30)19(28)14(17(15)26)20(22)29;5-3(6)1-2-4(7)8/h3-5,9-10,15,24,26-27,30H,6-7H2,1-2H3,(H2,22,29);1-2H,(H,5,6)(H,7,8)/t9-,10+,15-,21-;/m0./s1. The molecule has 1 aromatic carbocycles. The zero-order valence-electron chi connectivity index (χ0n) is 20.3. The molecule has 0 aromatic heterocycles. The van der Waals surface area contributed by atoms with Crippen LogP contribution in [0.5, 0.6) is 5.75 Å². The molecule has 0 fully saturated rings. The maximum Gasteiger partial charge on any atom is 0.328 e. The van der Waals surface area contributed by atoms with Crippen molar-refractivity contribution in [1.29, 1.82) is 0 Å². The van der Waals surface area contributed by atoms with Gasteiger partial charge in [-0.3, -0.25) is 19.3 Å². The highest BCUT2D eigenvalue weighted by molar-refractivity contribution is 6.24. The molecule has 0 bridgehead atoms. The lowest BCUT2D eigenvalue weighted by atomic mass is 9.58. The van der Waals surface area contributed by atoms with Crippen LogP contribution in [0.1, 0.15) is 22.3 Å². The van der Waals surface area contributed by atoms with Crippen LogP contribution in [0.4, 0.5) is 0 Å². The van der Waals surface area contributed by atoms with Gasteiger partial charge >= 0.3 is 11.9 Å². The summed E-state index contributed by atoms with van der Waals surface area (Å²) < 4.78 is 0. The van der Waals surface area contributed by atoms with E-state index in [1.807, 2.05) is 0 Å². The van der Waals surface area contributed by atoms with E-state index in [0.29, 0.717) is 24.1 Å². The van der Waals surface area contributed by atoms with Gasteiger partial charge in [-0.05, 0) is 44.5 Å². The molecule has 4 atom stereocenters. The van der Waals surface area contributed by atoms with Crippen molar-refractivity contribution in [3.8, 4) is 5.75 Å². The molecule has 0 aliphatic heterocycles. The molecule has 13 nitrogen and oxygen atoms in total. The molecular weight excluding hydrogens is 504 g/mol. The molecule has 1 aromatic rings. The quantitative estimate of drug-likeness (QED) is 0.198. The number of phenols is 1. The van der Waals surface area contributed by atoms with Crippen molar-refractivity contribution >= 4 is 29.4 Å². The fourth-order valence-corrected chi connectivity index (χ4v) is 5.33. The first-order valence-electron chi connectivity index (χ1n) is 11.2. The molecule has 3 aliphatic carbocycles. The summed E-state index contributed by atoms with van der Waals surface area (Å²) >= 11 is 0. The molecule has 8 N–H and O–H groups in total. The average Bonchev–Trinajstić information content (AvgIpc) is 2.80. The van der Waals surface area contributed by atoms with Crippen LogP contribution in [-0.4, -0.2) is 90.7 Å². The van der Waals surface area contributed by atoms with E-state index in [4.69, 9.17) is 15.9 Å². The topological polar surface area (TPSA) is 236 Å². The fourth-order valence-electron chi connectivity index (χ4n) is 5.33. The van der Waals surface area contributed by atoms with Gasteiger partial charge in [-0.1, -0.05) is 12.1 Å². The van der Waals surface area contributed by atoms with E-state index in [1.165, 1.54) is 11.0 Å². The van der Waals surface area contributed by atoms with Crippen molar-refractivity contribution in [3.05, 3.63) is 64.1 Å². The summed E-state index contributed by atoms with van der Waals surface area (Å²) in [6, 6.07) is 3.66. The summed E-state index contributed by atoms with van der Waals surface area (Å²) in [5.41, 5.74) is 2.31. The summed E-state index contributed by atoms with van der Waals surface area (Å²) in [6.07, 6.45) is 1.50. The van der Waals surface area contributed by atoms with Gasteiger partial charge in [0.25, 0.3) is 5.91 Å². The molecule has 0 heterocycles. The smallest absolute Gasteiger partial charge is 0.328 e. The Bertz CT molecular complexity index is 1320. The fraction of sp³-hybridized carbons (Fsp3) is 0.320. The van der Waals surface area contributed by atoms with Crippen molar-refractivity contribution in [2.24, 2.45) is 17.6 Å². The third-order valence-corrected chi connectivity index (χ3v) is 6.83. The minimum Gasteiger partial charge on any atom is -0.510 e. The van der Waals surface area contributed by atoms with Crippen molar-refractivity contribution in [1.82, 2.24) is 4.90 Å². The second-order valence-electron chi connectivity index (χ2n) is 9.28. The molecule has 13 heteroatoms. The van der Waals surface area contributed by atoms with Crippen LogP contribution in [0.15, 0.2) is 53.0 Å². The number of hydrogen-bond donors (Lipinski definition) is 7. The number of carboxylic acid groups (broad SMARTS) is 2. The number of aromatic hydroxyl groups is 1. The molecule has 0 radical (unpaired) electrons. The van der Waals surface area contributed by atoms with Gasteiger partial charge < -0.3 is 36.4 Å². The Morgan fingerprint density at radius 2 is 1.63 bits per heavy atom. The highest BCUT2D eigenvalue weighted by Gasteiger charge is 2.63. The zero-order valence-corrected chi connectivity index (χ0v) is 20.3. The molecule has 4 rings (SSSR count). The van der Waals surface area contributed by atoms with E-state index < -0.39 is 70.0 Å². The molecule has 0 saturated carbocycles. The number of carboxylic acids is 2. The molecule has 0 saturated heterocycles. The number of amides is 1. The summed E-state index contributed by atoms with van der Waals surface area (Å²) in [4.78, 5) is 58.7. The Morgan fingerprint density at radius 3 is 2.13 bits per heavy atom. The number of primary amides is 1. The minimum absolute atomic E-state index is 0.0123. The number of phenolic OH excluding ortho intramolecular Hbond substituents is 1. The normalized spacial score (nSPS) is 26.4. The Labute approximate surface area is 215 Å². The van der Waals surface area contributed by atoms with Gasteiger partial charge in [-0.15, -0.1) is 0 Å². The number of nitrogens with zero attached hydrogens (tertiary/aromatic N) is 1. The van der Waals surface area contributed by atoms with E-state index in [0.717, 1.165) is 0 Å². The number of likely N-dealkylation sites (N-methyl/N-ethyl adjacent to an activating group) is 1. The van der Waals surface area contributed by atoms with Crippen LogP contribution in [0.2, 0.25) is 0 Å². The minimum atomic E-state index is -2.60. The molecular formula is C25H26N2O11. The van der Waals surface area contributed by atoms with E-state index in [2.05, 4.69) is 0 Å².